The van der Waals surface area contributed by atoms with Crippen molar-refractivity contribution in [3.63, 3.8) is 0 Å². The fraction of sp³-hybridized carbons (Fsp3) is 0.409. The third-order valence-electron chi connectivity index (χ3n) is 4.25. The number of ether oxygens (including phenoxy) is 2. The monoisotopic (exact) mass is 370 g/mol. The van der Waals surface area contributed by atoms with Crippen LogP contribution in [0, 0.1) is 6.92 Å². The molecule has 5 heteroatoms. The molecule has 0 aromatic heterocycles. The molecule has 0 spiro atoms. The first-order valence-electron chi connectivity index (χ1n) is 9.58. The van der Waals surface area contributed by atoms with Crippen molar-refractivity contribution in [3.8, 4) is 11.5 Å². The lowest BCUT2D eigenvalue weighted by Gasteiger charge is -2.13. The molecule has 0 bridgehead atoms. The third kappa shape index (κ3) is 6.85. The van der Waals surface area contributed by atoms with Gasteiger partial charge in [0.1, 0.15) is 0 Å². The van der Waals surface area contributed by atoms with E-state index in [0.29, 0.717) is 26.3 Å². The molecule has 0 heterocycles. The maximum Gasteiger partial charge on any atom is 0.314 e. The highest BCUT2D eigenvalue weighted by atomic mass is 16.5. The highest BCUT2D eigenvalue weighted by Gasteiger charge is 2.07. The van der Waals surface area contributed by atoms with Crippen LogP contribution in [0.2, 0.25) is 0 Å². The summed E-state index contributed by atoms with van der Waals surface area (Å²) >= 11 is 0. The van der Waals surface area contributed by atoms with Crippen LogP contribution in [-0.4, -0.2) is 32.3 Å². The summed E-state index contributed by atoms with van der Waals surface area (Å²) in [5, 5.41) is 5.81. The molecule has 2 N–H and O–H groups in total. The van der Waals surface area contributed by atoms with Crippen LogP contribution in [-0.2, 0) is 12.8 Å². The molecular weight excluding hydrogens is 340 g/mol. The second-order valence-electron chi connectivity index (χ2n) is 6.26. The molecule has 146 valence electrons. The third-order valence-corrected chi connectivity index (χ3v) is 4.25. The van der Waals surface area contributed by atoms with Crippen molar-refractivity contribution >= 4 is 6.03 Å². The zero-order valence-electron chi connectivity index (χ0n) is 16.5. The average Bonchev–Trinajstić information content (AvgIpc) is 2.66. The lowest BCUT2D eigenvalue weighted by molar-refractivity contribution is 0.241. The molecule has 2 aromatic carbocycles. The van der Waals surface area contributed by atoms with Gasteiger partial charge in [0, 0.05) is 13.1 Å². The minimum Gasteiger partial charge on any atom is -0.490 e. The molecule has 0 saturated carbocycles. The molecule has 0 aliphatic carbocycles. The van der Waals surface area contributed by atoms with Crippen molar-refractivity contribution in [2.45, 2.75) is 33.6 Å². The largest absolute Gasteiger partial charge is 0.490 e. The molecule has 0 atom stereocenters. The molecular formula is C22H30N2O3. The van der Waals surface area contributed by atoms with Crippen LogP contribution in [0.3, 0.4) is 0 Å². The SMILES string of the molecule is CCOc1ccc(CCNC(=O)NCCc2ccccc2C)cc1OCC. The Morgan fingerprint density at radius 3 is 2.26 bits per heavy atom. The van der Waals surface area contributed by atoms with Gasteiger partial charge in [-0.1, -0.05) is 30.3 Å². The van der Waals surface area contributed by atoms with E-state index in [1.807, 2.05) is 44.2 Å². The second-order valence-corrected chi connectivity index (χ2v) is 6.26. The van der Waals surface area contributed by atoms with E-state index in [1.165, 1.54) is 11.1 Å². The zero-order valence-corrected chi connectivity index (χ0v) is 16.5. The summed E-state index contributed by atoms with van der Waals surface area (Å²) in [6.45, 7) is 8.36. The Bertz CT molecular complexity index is 731. The van der Waals surface area contributed by atoms with Crippen molar-refractivity contribution < 1.29 is 14.3 Å². The normalized spacial score (nSPS) is 10.3. The molecule has 0 saturated heterocycles. The van der Waals surface area contributed by atoms with Gasteiger partial charge in [-0.2, -0.15) is 0 Å². The maximum atomic E-state index is 12.0. The summed E-state index contributed by atoms with van der Waals surface area (Å²) in [5.74, 6) is 1.50. The number of hydrogen-bond acceptors (Lipinski definition) is 3. The molecule has 2 amide bonds. The predicted molar refractivity (Wildman–Crippen MR) is 109 cm³/mol. The van der Waals surface area contributed by atoms with Crippen molar-refractivity contribution in [2.75, 3.05) is 26.3 Å². The number of aryl methyl sites for hydroxylation is 1. The molecule has 5 nitrogen and oxygen atoms in total. The number of carbonyl (C=O) groups is 1. The minimum atomic E-state index is -0.139. The van der Waals surface area contributed by atoms with E-state index in [1.54, 1.807) is 0 Å². The molecule has 0 aliphatic rings. The van der Waals surface area contributed by atoms with Crippen LogP contribution in [0.4, 0.5) is 4.79 Å². The summed E-state index contributed by atoms with van der Waals surface area (Å²) in [5.41, 5.74) is 3.61. The van der Waals surface area contributed by atoms with Gasteiger partial charge in [-0.3, -0.25) is 0 Å². The van der Waals surface area contributed by atoms with Crippen LogP contribution in [0.1, 0.15) is 30.5 Å². The highest BCUT2D eigenvalue weighted by Crippen LogP contribution is 2.28. The Morgan fingerprint density at radius 2 is 1.56 bits per heavy atom. The highest BCUT2D eigenvalue weighted by molar-refractivity contribution is 5.73. The van der Waals surface area contributed by atoms with Crippen molar-refractivity contribution in [2.24, 2.45) is 0 Å². The van der Waals surface area contributed by atoms with Crippen molar-refractivity contribution in [1.29, 1.82) is 0 Å². The van der Waals surface area contributed by atoms with E-state index in [-0.39, 0.29) is 6.03 Å². The minimum absolute atomic E-state index is 0.139. The first-order valence-corrected chi connectivity index (χ1v) is 9.58. The first-order chi connectivity index (χ1) is 13.1. The molecule has 0 fully saturated rings. The number of nitrogens with one attached hydrogen (secondary N) is 2. The summed E-state index contributed by atoms with van der Waals surface area (Å²) in [7, 11) is 0. The van der Waals surface area contributed by atoms with E-state index >= 15 is 0 Å². The number of benzene rings is 2. The molecule has 0 unspecified atom stereocenters. The van der Waals surface area contributed by atoms with E-state index in [9.17, 15) is 4.79 Å². The van der Waals surface area contributed by atoms with Crippen molar-refractivity contribution in [1.82, 2.24) is 10.6 Å². The second kappa shape index (κ2) is 11.1. The average molecular weight is 370 g/mol. The van der Waals surface area contributed by atoms with Gasteiger partial charge in [0.2, 0.25) is 0 Å². The van der Waals surface area contributed by atoms with Gasteiger partial charge in [0.15, 0.2) is 11.5 Å². The lowest BCUT2D eigenvalue weighted by Crippen LogP contribution is -2.37. The molecule has 0 radical (unpaired) electrons. The van der Waals surface area contributed by atoms with Crippen LogP contribution < -0.4 is 20.1 Å². The van der Waals surface area contributed by atoms with Gasteiger partial charge < -0.3 is 20.1 Å². The predicted octanol–water partition coefficient (Wildman–Crippen LogP) is 3.88. The molecule has 2 rings (SSSR count). The Kier molecular flexibility index (Phi) is 8.49. The van der Waals surface area contributed by atoms with Crippen LogP contribution in [0.25, 0.3) is 0 Å². The maximum absolute atomic E-state index is 12.0. The van der Waals surface area contributed by atoms with Gasteiger partial charge >= 0.3 is 6.03 Å². The van der Waals surface area contributed by atoms with Crippen LogP contribution >= 0.6 is 0 Å². The first kappa shape index (κ1) is 20.6. The van der Waals surface area contributed by atoms with E-state index < -0.39 is 0 Å². The quantitative estimate of drug-likeness (QED) is 0.667. The smallest absolute Gasteiger partial charge is 0.314 e. The molecule has 2 aromatic rings. The summed E-state index contributed by atoms with van der Waals surface area (Å²) in [6, 6.07) is 14.0. The zero-order chi connectivity index (χ0) is 19.5. The Hall–Kier alpha value is -2.69. The number of rotatable bonds is 10. The van der Waals surface area contributed by atoms with Gasteiger partial charge in [-0.15, -0.1) is 0 Å². The van der Waals surface area contributed by atoms with Crippen LogP contribution in [0.15, 0.2) is 42.5 Å². The fourth-order valence-electron chi connectivity index (χ4n) is 2.84. The summed E-state index contributed by atoms with van der Waals surface area (Å²) < 4.78 is 11.2. The summed E-state index contributed by atoms with van der Waals surface area (Å²) in [4.78, 5) is 12.0. The number of amides is 2. The standard InChI is InChI=1S/C22H30N2O3/c1-4-26-20-11-10-18(16-21(20)27-5-2)12-14-23-22(25)24-15-13-19-9-7-6-8-17(19)3/h6-11,16H,4-5,12-15H2,1-3H3,(H2,23,24,25). The molecule has 0 aliphatic heterocycles. The Balaban J connectivity index is 1.74. The number of hydrogen-bond donors (Lipinski definition) is 2. The van der Waals surface area contributed by atoms with Gasteiger partial charge in [-0.25, -0.2) is 4.79 Å². The van der Waals surface area contributed by atoms with Crippen molar-refractivity contribution in [3.05, 3.63) is 59.2 Å². The summed E-state index contributed by atoms with van der Waals surface area (Å²) in [6.07, 6.45) is 1.56. The van der Waals surface area contributed by atoms with E-state index in [4.69, 9.17) is 9.47 Å². The van der Waals surface area contributed by atoms with Crippen LogP contribution in [0.5, 0.6) is 11.5 Å². The Labute approximate surface area is 162 Å². The number of carbonyl (C=O) groups excluding carboxylic acids is 1. The lowest BCUT2D eigenvalue weighted by atomic mass is 10.1. The van der Waals surface area contributed by atoms with Gasteiger partial charge in [-0.05, 0) is 62.4 Å². The Morgan fingerprint density at radius 1 is 0.889 bits per heavy atom. The number of urea groups is 1. The molecule has 27 heavy (non-hydrogen) atoms. The van der Waals surface area contributed by atoms with Gasteiger partial charge in [0.05, 0.1) is 13.2 Å². The van der Waals surface area contributed by atoms with E-state index in [0.717, 1.165) is 29.9 Å². The topological polar surface area (TPSA) is 59.6 Å². The van der Waals surface area contributed by atoms with Gasteiger partial charge in [0.25, 0.3) is 0 Å². The van der Waals surface area contributed by atoms with E-state index in [2.05, 4.69) is 29.7 Å². The fourth-order valence-corrected chi connectivity index (χ4v) is 2.84.